The maximum absolute atomic E-state index is 6.13. The van der Waals surface area contributed by atoms with Gasteiger partial charge in [-0.05, 0) is 61.2 Å². The molecule has 0 N–H and O–H groups in total. The number of nitrogens with zero attached hydrogens (tertiary/aromatic N) is 2. The van der Waals surface area contributed by atoms with Crippen LogP contribution in [0.2, 0.25) is 0 Å². The van der Waals surface area contributed by atoms with Gasteiger partial charge in [-0.25, -0.2) is 9.98 Å². The third kappa shape index (κ3) is 4.77. The van der Waals surface area contributed by atoms with Gasteiger partial charge in [0.2, 0.25) is 0 Å². The Morgan fingerprint density at radius 2 is 1.12 bits per heavy atom. The molecule has 0 aromatic heterocycles. The fourth-order valence-corrected chi connectivity index (χ4v) is 4.87. The molecule has 6 unspecified atom stereocenters. The molecule has 0 amide bonds. The predicted molar refractivity (Wildman–Crippen MR) is 106 cm³/mol. The molecule has 3 rings (SSSR count). The Bertz CT molecular complexity index is 495. The molecule has 4 heteroatoms. The minimum atomic E-state index is 0.152. The van der Waals surface area contributed by atoms with E-state index >= 15 is 0 Å². The van der Waals surface area contributed by atoms with E-state index in [0.29, 0.717) is 29.5 Å². The Morgan fingerprint density at radius 1 is 0.692 bits per heavy atom. The van der Waals surface area contributed by atoms with Crippen LogP contribution in [0, 0.1) is 22.7 Å². The fourth-order valence-electron chi connectivity index (χ4n) is 4.87. The zero-order valence-corrected chi connectivity index (χ0v) is 17.6. The molecule has 1 aliphatic heterocycles. The molecule has 1 heterocycles. The van der Waals surface area contributed by atoms with Crippen LogP contribution in [-0.4, -0.2) is 37.1 Å². The number of rotatable bonds is 0. The number of ether oxygens (including phenoxy) is 2. The van der Waals surface area contributed by atoms with Gasteiger partial charge in [-0.3, -0.25) is 0 Å². The number of hydrogen-bond acceptors (Lipinski definition) is 4. The molecule has 2 aliphatic carbocycles. The summed E-state index contributed by atoms with van der Waals surface area (Å²) in [6.07, 6.45) is 6.96. The summed E-state index contributed by atoms with van der Waals surface area (Å²) >= 11 is 0. The lowest BCUT2D eigenvalue weighted by Crippen LogP contribution is -2.42. The number of hydrogen-bond donors (Lipinski definition) is 0. The Morgan fingerprint density at radius 3 is 1.50 bits per heavy atom. The van der Waals surface area contributed by atoms with Crippen molar-refractivity contribution in [1.29, 1.82) is 0 Å². The summed E-state index contributed by atoms with van der Waals surface area (Å²) in [5, 5.41) is 0. The highest BCUT2D eigenvalue weighted by atomic mass is 16.7. The number of fused-ring (bicyclic) bond motifs is 2. The molecule has 6 atom stereocenters. The average Bonchev–Trinajstić information content (AvgIpc) is 2.55. The average molecular weight is 363 g/mol. The first-order valence-corrected chi connectivity index (χ1v) is 10.5. The smallest absolute Gasteiger partial charge is 0.147 e. The van der Waals surface area contributed by atoms with Crippen molar-refractivity contribution in [3.63, 3.8) is 0 Å². The van der Waals surface area contributed by atoms with Crippen molar-refractivity contribution in [2.75, 3.05) is 6.79 Å². The molecule has 2 fully saturated rings. The lowest BCUT2D eigenvalue weighted by atomic mass is 9.70. The summed E-state index contributed by atoms with van der Waals surface area (Å²) in [4.78, 5) is 9.50. The van der Waals surface area contributed by atoms with E-state index < -0.39 is 0 Å². The summed E-state index contributed by atoms with van der Waals surface area (Å²) in [6.45, 7) is 14.4. The van der Waals surface area contributed by atoms with Gasteiger partial charge in [-0.2, -0.15) is 0 Å². The second kappa shape index (κ2) is 7.73. The Balaban J connectivity index is 1.75. The minimum Gasteiger partial charge on any atom is -0.350 e. The molecular formula is C22H38N2O2. The highest BCUT2D eigenvalue weighted by molar-refractivity contribution is 5.42. The quantitative estimate of drug-likeness (QED) is 0.584. The first-order chi connectivity index (χ1) is 12.1. The second-order valence-corrected chi connectivity index (χ2v) is 10.8. The van der Waals surface area contributed by atoms with E-state index in [1.165, 1.54) is 12.8 Å². The molecule has 0 saturated heterocycles. The van der Waals surface area contributed by atoms with Crippen LogP contribution in [0.3, 0.4) is 0 Å². The van der Waals surface area contributed by atoms with Gasteiger partial charge in [-0.1, -0.05) is 41.5 Å². The SMILES string of the molecule is CC(C)(C)C1CCC2OCOC3CCC(C(C)(C)C)CC3N=C=NC2C1. The van der Waals surface area contributed by atoms with Crippen LogP contribution in [0.1, 0.15) is 80.1 Å². The minimum absolute atomic E-state index is 0.152. The van der Waals surface area contributed by atoms with Gasteiger partial charge in [0.05, 0.1) is 30.3 Å². The molecule has 0 spiro atoms. The highest BCUT2D eigenvalue weighted by Crippen LogP contribution is 2.41. The molecule has 4 nitrogen and oxygen atoms in total. The predicted octanol–water partition coefficient (Wildman–Crippen LogP) is 5.33. The van der Waals surface area contributed by atoms with Crippen LogP contribution in [0.4, 0.5) is 0 Å². The van der Waals surface area contributed by atoms with Gasteiger partial charge >= 0.3 is 0 Å². The first-order valence-electron chi connectivity index (χ1n) is 10.5. The standard InChI is InChI=1S/C22H38N2O2/c1-21(2,3)15-7-9-19-17(11-15)23-13-24-18-12-16(22(4,5)6)8-10-20(18)26-14-25-19/h15-20H,7-12,14H2,1-6H3. The second-order valence-electron chi connectivity index (χ2n) is 10.8. The van der Waals surface area contributed by atoms with E-state index in [0.717, 1.165) is 25.7 Å². The lowest BCUT2D eigenvalue weighted by molar-refractivity contribution is -0.147. The highest BCUT2D eigenvalue weighted by Gasteiger charge is 2.39. The van der Waals surface area contributed by atoms with Crippen molar-refractivity contribution in [2.45, 2.75) is 104 Å². The summed E-state index contributed by atoms with van der Waals surface area (Å²) in [7, 11) is 0. The van der Waals surface area contributed by atoms with Crippen molar-refractivity contribution in [2.24, 2.45) is 32.7 Å². The molecule has 0 bridgehead atoms. The molecule has 148 valence electrons. The molecular weight excluding hydrogens is 324 g/mol. The molecule has 2 saturated carbocycles. The van der Waals surface area contributed by atoms with Crippen LogP contribution < -0.4 is 0 Å². The van der Waals surface area contributed by atoms with E-state index in [1.54, 1.807) is 0 Å². The first kappa shape index (κ1) is 20.0. The summed E-state index contributed by atoms with van der Waals surface area (Å²) < 4.78 is 12.3. The zero-order chi connectivity index (χ0) is 18.9. The van der Waals surface area contributed by atoms with Gasteiger partial charge < -0.3 is 9.47 Å². The Kier molecular flexibility index (Phi) is 5.96. The van der Waals surface area contributed by atoms with Gasteiger partial charge in [0, 0.05) is 0 Å². The summed E-state index contributed by atoms with van der Waals surface area (Å²) in [5.74, 6) is 1.35. The monoisotopic (exact) mass is 362 g/mol. The third-order valence-electron chi connectivity index (χ3n) is 6.97. The van der Waals surface area contributed by atoms with E-state index in [2.05, 4.69) is 47.6 Å². The van der Waals surface area contributed by atoms with Crippen molar-refractivity contribution >= 4 is 6.01 Å². The van der Waals surface area contributed by atoms with E-state index in [4.69, 9.17) is 19.5 Å². The maximum Gasteiger partial charge on any atom is 0.147 e. The normalized spacial score (nSPS) is 39.2. The van der Waals surface area contributed by atoms with Crippen LogP contribution in [0.15, 0.2) is 9.98 Å². The van der Waals surface area contributed by atoms with Crippen molar-refractivity contribution in [1.82, 2.24) is 0 Å². The van der Waals surface area contributed by atoms with Crippen LogP contribution in [-0.2, 0) is 9.47 Å². The van der Waals surface area contributed by atoms with Crippen LogP contribution in [0.25, 0.3) is 0 Å². The maximum atomic E-state index is 6.13. The van der Waals surface area contributed by atoms with Crippen molar-refractivity contribution in [3.05, 3.63) is 0 Å². The fraction of sp³-hybridized carbons (Fsp3) is 0.955. The van der Waals surface area contributed by atoms with Gasteiger partial charge in [-0.15, -0.1) is 0 Å². The molecule has 3 aliphatic rings. The molecule has 0 aromatic rings. The van der Waals surface area contributed by atoms with E-state index in [-0.39, 0.29) is 24.3 Å². The summed E-state index contributed by atoms with van der Waals surface area (Å²) in [5.41, 5.74) is 0.635. The lowest BCUT2D eigenvalue weighted by Gasteiger charge is -2.41. The van der Waals surface area contributed by atoms with Crippen LogP contribution in [0.5, 0.6) is 0 Å². The largest absolute Gasteiger partial charge is 0.350 e. The molecule has 0 aromatic carbocycles. The summed E-state index contributed by atoms with van der Waals surface area (Å²) in [6, 6.07) is 3.42. The van der Waals surface area contributed by atoms with E-state index in [1.807, 2.05) is 0 Å². The van der Waals surface area contributed by atoms with Crippen molar-refractivity contribution in [3.8, 4) is 0 Å². The third-order valence-corrected chi connectivity index (χ3v) is 6.97. The van der Waals surface area contributed by atoms with Gasteiger partial charge in [0.15, 0.2) is 0 Å². The number of aliphatic imine (C=N–C) groups is 2. The van der Waals surface area contributed by atoms with E-state index in [9.17, 15) is 0 Å². The van der Waals surface area contributed by atoms with Gasteiger partial charge in [0.1, 0.15) is 6.79 Å². The zero-order valence-electron chi connectivity index (χ0n) is 17.6. The topological polar surface area (TPSA) is 43.2 Å². The van der Waals surface area contributed by atoms with Crippen molar-refractivity contribution < 1.29 is 9.47 Å². The molecule has 0 radical (unpaired) electrons. The van der Waals surface area contributed by atoms with Gasteiger partial charge in [0.25, 0.3) is 0 Å². The Hall–Kier alpha value is -0.700. The van der Waals surface area contributed by atoms with Crippen LogP contribution >= 0.6 is 0 Å². The Labute approximate surface area is 159 Å². The molecule has 26 heavy (non-hydrogen) atoms.